The number of ether oxygens (including phenoxy) is 1. The molecule has 1 aliphatic rings. The molecule has 1 aromatic rings. The van der Waals surface area contributed by atoms with Crippen LogP contribution in [0.5, 0.6) is 0 Å². The maximum Gasteiger partial charge on any atom is 0.147 e. The lowest BCUT2D eigenvalue weighted by atomic mass is 9.74. The third-order valence-corrected chi connectivity index (χ3v) is 4.15. The molecule has 1 aliphatic carbocycles. The molecule has 0 spiro atoms. The predicted molar refractivity (Wildman–Crippen MR) is 71.1 cm³/mol. The highest BCUT2D eigenvalue weighted by Gasteiger charge is 2.43. The van der Waals surface area contributed by atoms with Crippen LogP contribution in [0.2, 0.25) is 0 Å². The third-order valence-electron chi connectivity index (χ3n) is 4.15. The van der Waals surface area contributed by atoms with Gasteiger partial charge >= 0.3 is 0 Å². The predicted octanol–water partition coefficient (Wildman–Crippen LogP) is 3.24. The first-order chi connectivity index (χ1) is 9.09. The Hall–Kier alpha value is -1.00. The molecule has 0 saturated heterocycles. The molecule has 19 heavy (non-hydrogen) atoms. The van der Waals surface area contributed by atoms with E-state index < -0.39 is 17.5 Å². The Labute approximate surface area is 113 Å². The van der Waals surface area contributed by atoms with Gasteiger partial charge in [-0.3, -0.25) is 4.98 Å². The summed E-state index contributed by atoms with van der Waals surface area (Å²) in [5, 5.41) is 10.6. The van der Waals surface area contributed by atoms with Crippen LogP contribution in [0.25, 0.3) is 0 Å². The van der Waals surface area contributed by atoms with Gasteiger partial charge < -0.3 is 9.84 Å². The molecule has 0 aliphatic heterocycles. The number of hydrogen-bond acceptors (Lipinski definition) is 3. The van der Waals surface area contributed by atoms with Gasteiger partial charge in [0.25, 0.3) is 0 Å². The first-order valence-corrected chi connectivity index (χ1v) is 7.00. The van der Waals surface area contributed by atoms with Crippen molar-refractivity contribution in [2.45, 2.75) is 51.2 Å². The molecule has 1 saturated carbocycles. The number of aliphatic hydroxyl groups is 1. The largest absolute Gasteiger partial charge is 0.385 e. The van der Waals surface area contributed by atoms with Crippen molar-refractivity contribution in [2.24, 2.45) is 5.92 Å². The van der Waals surface area contributed by atoms with E-state index >= 15 is 0 Å². The minimum absolute atomic E-state index is 0.290. The number of hydrogen-bond donors (Lipinski definition) is 1. The van der Waals surface area contributed by atoms with Gasteiger partial charge in [-0.15, -0.1) is 0 Å². The van der Waals surface area contributed by atoms with Crippen molar-refractivity contribution in [1.29, 1.82) is 0 Å². The van der Waals surface area contributed by atoms with Crippen LogP contribution in [-0.4, -0.2) is 22.3 Å². The molecule has 0 amide bonds. The van der Waals surface area contributed by atoms with Crippen molar-refractivity contribution in [3.63, 3.8) is 0 Å². The second-order valence-electron chi connectivity index (χ2n) is 5.48. The van der Waals surface area contributed by atoms with Gasteiger partial charge in [0, 0.05) is 18.4 Å². The first-order valence-electron chi connectivity index (χ1n) is 7.00. The topological polar surface area (TPSA) is 42.4 Å². The average Bonchev–Trinajstić information content (AvgIpc) is 2.42. The quantitative estimate of drug-likeness (QED) is 0.910. The third kappa shape index (κ3) is 2.95. The Bertz CT molecular complexity index is 416. The molecule has 0 bridgehead atoms. The number of pyridine rings is 1. The molecule has 1 aromatic heterocycles. The molecule has 1 N–H and O–H groups in total. The van der Waals surface area contributed by atoms with Crippen LogP contribution in [0.15, 0.2) is 18.5 Å². The first kappa shape index (κ1) is 14.4. The fourth-order valence-electron chi connectivity index (χ4n) is 2.93. The number of halogens is 1. The number of rotatable bonds is 4. The molecule has 1 fully saturated rings. The molecular formula is C15H22FNO2. The molecular weight excluding hydrogens is 245 g/mol. The molecule has 1 heterocycles. The molecule has 0 aromatic carbocycles. The molecule has 2 rings (SSSR count). The number of aromatic nitrogens is 1. The molecule has 1 unspecified atom stereocenters. The highest BCUT2D eigenvalue weighted by molar-refractivity contribution is 5.20. The van der Waals surface area contributed by atoms with E-state index in [1.807, 2.05) is 6.92 Å². The lowest BCUT2D eigenvalue weighted by Gasteiger charge is -2.42. The maximum absolute atomic E-state index is 13.8. The second-order valence-corrected chi connectivity index (χ2v) is 5.48. The van der Waals surface area contributed by atoms with Gasteiger partial charge in [0.15, 0.2) is 0 Å². The van der Waals surface area contributed by atoms with Crippen molar-refractivity contribution in [1.82, 2.24) is 4.98 Å². The summed E-state index contributed by atoms with van der Waals surface area (Å²) < 4.78 is 19.7. The highest BCUT2D eigenvalue weighted by atomic mass is 19.1. The van der Waals surface area contributed by atoms with Crippen LogP contribution in [-0.2, 0) is 4.74 Å². The van der Waals surface area contributed by atoms with E-state index in [4.69, 9.17) is 4.74 Å². The highest BCUT2D eigenvalue weighted by Crippen LogP contribution is 2.43. The zero-order valence-corrected chi connectivity index (χ0v) is 11.6. The van der Waals surface area contributed by atoms with Gasteiger partial charge in [-0.1, -0.05) is 6.92 Å². The van der Waals surface area contributed by atoms with E-state index in [1.165, 1.54) is 6.20 Å². The number of nitrogens with zero attached hydrogens (tertiary/aromatic N) is 1. The Morgan fingerprint density at radius 1 is 1.53 bits per heavy atom. The summed E-state index contributed by atoms with van der Waals surface area (Å²) in [4.78, 5) is 3.73. The van der Waals surface area contributed by atoms with Crippen LogP contribution in [0.3, 0.4) is 0 Å². The van der Waals surface area contributed by atoms with Crippen molar-refractivity contribution in [3.05, 3.63) is 29.8 Å². The van der Waals surface area contributed by atoms with Gasteiger partial charge in [0.1, 0.15) is 11.9 Å². The summed E-state index contributed by atoms with van der Waals surface area (Å²) in [7, 11) is 0. The summed E-state index contributed by atoms with van der Waals surface area (Å²) in [6.45, 7) is 4.64. The second kappa shape index (κ2) is 5.97. The smallest absolute Gasteiger partial charge is 0.147 e. The van der Waals surface area contributed by atoms with Gasteiger partial charge in [-0.2, -0.15) is 0 Å². The monoisotopic (exact) mass is 267 g/mol. The van der Waals surface area contributed by atoms with Crippen molar-refractivity contribution >= 4 is 0 Å². The minimum atomic E-state index is -0.928. The van der Waals surface area contributed by atoms with Gasteiger partial charge in [0.2, 0.25) is 0 Å². The van der Waals surface area contributed by atoms with Gasteiger partial charge in [0.05, 0.1) is 11.8 Å². The standard InChI is InChI=1S/C15H22FNO2/c1-3-19-15(7-4-11(2)5-8-15)14(18)12-6-9-17-10-13(12)16/h6,9-11,14,18H,3-5,7-8H2,1-2H3. The molecule has 1 atom stereocenters. The van der Waals surface area contributed by atoms with E-state index in [1.54, 1.807) is 6.07 Å². The Morgan fingerprint density at radius 3 is 2.79 bits per heavy atom. The van der Waals surface area contributed by atoms with Crippen molar-refractivity contribution < 1.29 is 14.2 Å². The lowest BCUT2D eigenvalue weighted by Crippen LogP contribution is -2.43. The Morgan fingerprint density at radius 2 is 2.21 bits per heavy atom. The summed E-state index contributed by atoms with van der Waals surface area (Å²) in [5.74, 6) is 0.177. The summed E-state index contributed by atoms with van der Waals surface area (Å²) in [5.41, 5.74) is -0.360. The Balaban J connectivity index is 2.26. The van der Waals surface area contributed by atoms with Crippen LogP contribution < -0.4 is 0 Å². The van der Waals surface area contributed by atoms with Crippen molar-refractivity contribution in [2.75, 3.05) is 6.61 Å². The minimum Gasteiger partial charge on any atom is -0.385 e. The average molecular weight is 267 g/mol. The van der Waals surface area contributed by atoms with Crippen LogP contribution >= 0.6 is 0 Å². The fraction of sp³-hybridized carbons (Fsp3) is 0.667. The zero-order valence-electron chi connectivity index (χ0n) is 11.6. The lowest BCUT2D eigenvalue weighted by molar-refractivity contribution is -0.147. The molecule has 106 valence electrons. The van der Waals surface area contributed by atoms with Crippen LogP contribution in [0, 0.1) is 11.7 Å². The van der Waals surface area contributed by atoms with E-state index in [-0.39, 0.29) is 5.56 Å². The van der Waals surface area contributed by atoms with Gasteiger partial charge in [-0.05, 0) is 44.6 Å². The maximum atomic E-state index is 13.8. The summed E-state index contributed by atoms with van der Waals surface area (Å²) in [6.07, 6.45) is 5.27. The summed E-state index contributed by atoms with van der Waals surface area (Å²) in [6, 6.07) is 1.54. The molecule has 3 nitrogen and oxygen atoms in total. The Kier molecular flexibility index (Phi) is 4.53. The molecule has 4 heteroatoms. The van der Waals surface area contributed by atoms with Crippen LogP contribution in [0.1, 0.15) is 51.2 Å². The van der Waals surface area contributed by atoms with Crippen LogP contribution in [0.4, 0.5) is 4.39 Å². The van der Waals surface area contributed by atoms with E-state index in [2.05, 4.69) is 11.9 Å². The normalized spacial score (nSPS) is 29.2. The SMILES string of the molecule is CCOC1(C(O)c2ccncc2F)CCC(C)CC1. The van der Waals surface area contributed by atoms with E-state index in [0.717, 1.165) is 31.9 Å². The fourth-order valence-corrected chi connectivity index (χ4v) is 2.93. The zero-order chi connectivity index (χ0) is 13.9. The van der Waals surface area contributed by atoms with Crippen molar-refractivity contribution in [3.8, 4) is 0 Å². The summed E-state index contributed by atoms with van der Waals surface area (Å²) >= 11 is 0. The van der Waals surface area contributed by atoms with Gasteiger partial charge in [-0.25, -0.2) is 4.39 Å². The molecule has 0 radical (unpaired) electrons. The van der Waals surface area contributed by atoms with E-state index in [9.17, 15) is 9.50 Å². The van der Waals surface area contributed by atoms with E-state index in [0.29, 0.717) is 12.5 Å². The number of aliphatic hydroxyl groups excluding tert-OH is 1.